The van der Waals surface area contributed by atoms with Gasteiger partial charge in [0.25, 0.3) is 0 Å². The van der Waals surface area contributed by atoms with Gasteiger partial charge in [-0.05, 0) is 23.8 Å². The summed E-state index contributed by atoms with van der Waals surface area (Å²) in [5.41, 5.74) is 2.72. The summed E-state index contributed by atoms with van der Waals surface area (Å²) in [5, 5.41) is 33.5. The molecule has 0 spiro atoms. The van der Waals surface area contributed by atoms with Gasteiger partial charge in [-0.2, -0.15) is 5.10 Å². The number of hydrogen-bond acceptors (Lipinski definition) is 7. The maximum Gasteiger partial charge on any atom is 0.315 e. The molecule has 9 heteroatoms. The van der Waals surface area contributed by atoms with Crippen molar-refractivity contribution in [1.29, 1.82) is 0 Å². The van der Waals surface area contributed by atoms with Crippen molar-refractivity contribution in [3.05, 3.63) is 57.6 Å². The molecular formula is C16H15N3O6. The van der Waals surface area contributed by atoms with Gasteiger partial charge in [0.1, 0.15) is 5.75 Å². The van der Waals surface area contributed by atoms with Gasteiger partial charge in [0.05, 0.1) is 24.7 Å². The molecule has 9 nitrogen and oxygen atoms in total. The Kier molecular flexibility index (Phi) is 5.51. The van der Waals surface area contributed by atoms with Crippen LogP contribution in [0.3, 0.4) is 0 Å². The molecule has 0 atom stereocenters. The SMILES string of the molecule is COc1cc(/C=N\NC(=O)Cc2ccc(O)cc2)cc([N+](=O)[O-])c1O. The smallest absolute Gasteiger partial charge is 0.315 e. The Morgan fingerprint density at radius 1 is 1.32 bits per heavy atom. The van der Waals surface area contributed by atoms with Gasteiger partial charge in [-0.3, -0.25) is 14.9 Å². The highest BCUT2D eigenvalue weighted by Crippen LogP contribution is 2.36. The summed E-state index contributed by atoms with van der Waals surface area (Å²) in [6.45, 7) is 0. The third-order valence-corrected chi connectivity index (χ3v) is 3.20. The fraction of sp³-hybridized carbons (Fsp3) is 0.125. The molecule has 0 aliphatic rings. The van der Waals surface area contributed by atoms with Crippen molar-refractivity contribution in [2.24, 2.45) is 5.10 Å². The molecule has 0 bridgehead atoms. The largest absolute Gasteiger partial charge is 0.508 e. The Bertz CT molecular complexity index is 817. The maximum atomic E-state index is 11.8. The van der Waals surface area contributed by atoms with E-state index in [4.69, 9.17) is 4.74 Å². The minimum Gasteiger partial charge on any atom is -0.508 e. The zero-order valence-corrected chi connectivity index (χ0v) is 13.2. The normalized spacial score (nSPS) is 10.6. The zero-order valence-electron chi connectivity index (χ0n) is 13.2. The number of benzene rings is 2. The number of nitrogens with one attached hydrogen (secondary N) is 1. The average molecular weight is 345 g/mol. The monoisotopic (exact) mass is 345 g/mol. The number of carbonyl (C=O) groups excluding carboxylic acids is 1. The number of rotatable bonds is 6. The van der Waals surface area contributed by atoms with Gasteiger partial charge >= 0.3 is 5.69 Å². The van der Waals surface area contributed by atoms with Crippen LogP contribution in [0.25, 0.3) is 0 Å². The Balaban J connectivity index is 2.06. The van der Waals surface area contributed by atoms with E-state index >= 15 is 0 Å². The molecule has 2 rings (SSSR count). The van der Waals surface area contributed by atoms with E-state index in [1.165, 1.54) is 31.5 Å². The molecule has 130 valence electrons. The van der Waals surface area contributed by atoms with E-state index in [2.05, 4.69) is 10.5 Å². The van der Waals surface area contributed by atoms with Crippen molar-refractivity contribution in [1.82, 2.24) is 5.43 Å². The summed E-state index contributed by atoms with van der Waals surface area (Å²) in [6, 6.07) is 8.59. The standard InChI is InChI=1S/C16H15N3O6/c1-25-14-7-11(6-13(16(14)22)19(23)24)9-17-18-15(21)8-10-2-4-12(20)5-3-10/h2-7,9,20,22H,8H2,1H3,(H,18,21)/b17-9-. The molecule has 2 aromatic carbocycles. The lowest BCUT2D eigenvalue weighted by Crippen LogP contribution is -2.19. The Morgan fingerprint density at radius 2 is 2.00 bits per heavy atom. The number of carbonyl (C=O) groups is 1. The number of hydrogen-bond donors (Lipinski definition) is 3. The number of ether oxygens (including phenoxy) is 1. The molecule has 2 aromatic rings. The number of nitro groups is 1. The quantitative estimate of drug-likeness (QED) is 0.414. The molecule has 0 heterocycles. The van der Waals surface area contributed by atoms with Crippen molar-refractivity contribution in [3.63, 3.8) is 0 Å². The summed E-state index contributed by atoms with van der Waals surface area (Å²) < 4.78 is 4.87. The van der Waals surface area contributed by atoms with E-state index in [0.29, 0.717) is 5.56 Å². The highest BCUT2D eigenvalue weighted by atomic mass is 16.6. The number of phenolic OH excluding ortho intramolecular Hbond substituents is 2. The van der Waals surface area contributed by atoms with Gasteiger partial charge in [0, 0.05) is 11.6 Å². The predicted molar refractivity (Wildman–Crippen MR) is 88.9 cm³/mol. The minimum absolute atomic E-state index is 0.0522. The molecule has 0 aliphatic heterocycles. The van der Waals surface area contributed by atoms with Crippen molar-refractivity contribution < 1.29 is 24.7 Å². The predicted octanol–water partition coefficient (Wildman–Crippen LogP) is 1.71. The summed E-state index contributed by atoms with van der Waals surface area (Å²) in [6.07, 6.45) is 1.25. The highest BCUT2D eigenvalue weighted by Gasteiger charge is 2.19. The molecule has 0 fully saturated rings. The molecule has 1 amide bonds. The van der Waals surface area contributed by atoms with Crippen LogP contribution >= 0.6 is 0 Å². The number of amides is 1. The van der Waals surface area contributed by atoms with Gasteiger partial charge < -0.3 is 14.9 Å². The number of methoxy groups -OCH3 is 1. The third-order valence-electron chi connectivity index (χ3n) is 3.20. The van der Waals surface area contributed by atoms with Crippen LogP contribution in [0.2, 0.25) is 0 Å². The molecule has 0 saturated carbocycles. The Labute approximate surface area is 142 Å². The lowest BCUT2D eigenvalue weighted by molar-refractivity contribution is -0.386. The van der Waals surface area contributed by atoms with Gasteiger partial charge in [-0.15, -0.1) is 0 Å². The first-order chi connectivity index (χ1) is 11.9. The second-order valence-electron chi connectivity index (χ2n) is 4.98. The van der Waals surface area contributed by atoms with Crippen LogP contribution in [-0.2, 0) is 11.2 Å². The van der Waals surface area contributed by atoms with Crippen LogP contribution in [0.15, 0.2) is 41.5 Å². The number of phenols is 2. The molecule has 0 aliphatic carbocycles. The fourth-order valence-electron chi connectivity index (χ4n) is 2.00. The molecular weight excluding hydrogens is 330 g/mol. The first-order valence-electron chi connectivity index (χ1n) is 7.06. The van der Waals surface area contributed by atoms with Crippen LogP contribution in [-0.4, -0.2) is 34.4 Å². The summed E-state index contributed by atoms with van der Waals surface area (Å²) in [5.74, 6) is -0.959. The lowest BCUT2D eigenvalue weighted by Gasteiger charge is -2.05. The highest BCUT2D eigenvalue weighted by molar-refractivity contribution is 5.85. The van der Waals surface area contributed by atoms with E-state index in [-0.39, 0.29) is 23.5 Å². The molecule has 25 heavy (non-hydrogen) atoms. The summed E-state index contributed by atoms with van der Waals surface area (Å²) >= 11 is 0. The molecule has 0 unspecified atom stereocenters. The first-order valence-corrected chi connectivity index (χ1v) is 7.06. The maximum absolute atomic E-state index is 11.8. The van der Waals surface area contributed by atoms with Crippen molar-refractivity contribution in [2.75, 3.05) is 7.11 Å². The van der Waals surface area contributed by atoms with Crippen molar-refractivity contribution >= 4 is 17.8 Å². The summed E-state index contributed by atoms with van der Waals surface area (Å²) in [7, 11) is 1.26. The van der Waals surface area contributed by atoms with Crippen molar-refractivity contribution in [3.8, 4) is 17.2 Å². The number of hydrazone groups is 1. The Morgan fingerprint density at radius 3 is 2.60 bits per heavy atom. The third kappa shape index (κ3) is 4.67. The first kappa shape index (κ1) is 17.7. The van der Waals surface area contributed by atoms with E-state index in [1.807, 2.05) is 0 Å². The number of nitrogens with zero attached hydrogens (tertiary/aromatic N) is 2. The van der Waals surface area contributed by atoms with Crippen molar-refractivity contribution in [2.45, 2.75) is 6.42 Å². The molecule has 3 N–H and O–H groups in total. The number of aromatic hydroxyl groups is 2. The number of nitro benzene ring substituents is 1. The second-order valence-corrected chi connectivity index (χ2v) is 4.98. The second kappa shape index (κ2) is 7.77. The molecule has 0 aromatic heterocycles. The van der Waals surface area contributed by atoms with Gasteiger partial charge in [0.15, 0.2) is 5.75 Å². The van der Waals surface area contributed by atoms with E-state index in [1.54, 1.807) is 12.1 Å². The lowest BCUT2D eigenvalue weighted by atomic mass is 10.1. The van der Waals surface area contributed by atoms with Crippen LogP contribution in [0, 0.1) is 10.1 Å². The topological polar surface area (TPSA) is 134 Å². The fourth-order valence-corrected chi connectivity index (χ4v) is 2.00. The average Bonchev–Trinajstić information content (AvgIpc) is 2.58. The minimum atomic E-state index is -0.751. The summed E-state index contributed by atoms with van der Waals surface area (Å²) in [4.78, 5) is 21.9. The van der Waals surface area contributed by atoms with Crippen LogP contribution in [0.5, 0.6) is 17.2 Å². The van der Waals surface area contributed by atoms with E-state index in [9.17, 15) is 25.1 Å². The van der Waals surface area contributed by atoms with E-state index in [0.717, 1.165) is 6.07 Å². The van der Waals surface area contributed by atoms with Gasteiger partial charge in [-0.1, -0.05) is 12.1 Å². The van der Waals surface area contributed by atoms with Crippen LogP contribution in [0.4, 0.5) is 5.69 Å². The van der Waals surface area contributed by atoms with Gasteiger partial charge in [0.2, 0.25) is 11.7 Å². The van der Waals surface area contributed by atoms with Crippen LogP contribution in [0.1, 0.15) is 11.1 Å². The van der Waals surface area contributed by atoms with Crippen LogP contribution < -0.4 is 10.2 Å². The molecule has 0 saturated heterocycles. The Hall–Kier alpha value is -3.62. The van der Waals surface area contributed by atoms with E-state index < -0.39 is 22.3 Å². The zero-order chi connectivity index (χ0) is 18.4. The van der Waals surface area contributed by atoms with Gasteiger partial charge in [-0.25, -0.2) is 5.43 Å². The molecule has 0 radical (unpaired) electrons.